The zero-order valence-corrected chi connectivity index (χ0v) is 12.4. The molecule has 0 saturated carbocycles. The van der Waals surface area contributed by atoms with E-state index in [1.807, 2.05) is 20.8 Å². The topological polar surface area (TPSA) is 66.4 Å². The molecule has 0 radical (unpaired) electrons. The molecular formula is C13H20FNO3S. The largest absolute Gasteiger partial charge is 0.391 e. The van der Waals surface area contributed by atoms with Gasteiger partial charge in [-0.2, -0.15) is 0 Å². The zero-order chi connectivity index (χ0) is 14.8. The Hall–Kier alpha value is -0.980. The molecule has 0 aliphatic carbocycles. The number of rotatable bonds is 4. The number of aliphatic hydroxyl groups excluding tert-OH is 1. The van der Waals surface area contributed by atoms with Crippen molar-refractivity contribution in [3.63, 3.8) is 0 Å². The number of benzene rings is 1. The van der Waals surface area contributed by atoms with Crippen LogP contribution in [0.2, 0.25) is 0 Å². The van der Waals surface area contributed by atoms with Crippen molar-refractivity contribution in [3.05, 3.63) is 29.6 Å². The molecule has 1 unspecified atom stereocenters. The van der Waals surface area contributed by atoms with Gasteiger partial charge in [-0.05, 0) is 36.1 Å². The second kappa shape index (κ2) is 5.56. The quantitative estimate of drug-likeness (QED) is 0.888. The fourth-order valence-electron chi connectivity index (χ4n) is 1.49. The molecule has 0 aromatic heterocycles. The Kier molecular flexibility index (Phi) is 4.71. The molecule has 2 N–H and O–H groups in total. The van der Waals surface area contributed by atoms with Gasteiger partial charge in [0.1, 0.15) is 5.82 Å². The van der Waals surface area contributed by atoms with Gasteiger partial charge in [-0.3, -0.25) is 0 Å². The van der Waals surface area contributed by atoms with Crippen LogP contribution in [0.3, 0.4) is 0 Å². The number of nitrogens with one attached hydrogen (secondary N) is 1. The van der Waals surface area contributed by atoms with Crippen molar-refractivity contribution in [2.45, 2.75) is 38.7 Å². The number of halogens is 1. The van der Waals surface area contributed by atoms with E-state index in [-0.39, 0.29) is 11.4 Å². The highest BCUT2D eigenvalue weighted by Crippen LogP contribution is 2.20. The first-order chi connectivity index (χ1) is 8.54. The predicted molar refractivity (Wildman–Crippen MR) is 71.8 cm³/mol. The second-order valence-electron chi connectivity index (χ2n) is 5.64. The number of hydrogen-bond acceptors (Lipinski definition) is 3. The minimum atomic E-state index is -3.74. The van der Waals surface area contributed by atoms with Crippen LogP contribution in [0.4, 0.5) is 4.39 Å². The highest BCUT2D eigenvalue weighted by atomic mass is 32.2. The molecule has 6 heteroatoms. The van der Waals surface area contributed by atoms with Gasteiger partial charge < -0.3 is 5.11 Å². The number of aliphatic hydroxyl groups is 1. The number of aryl methyl sites for hydroxylation is 1. The Morgan fingerprint density at radius 3 is 2.42 bits per heavy atom. The first kappa shape index (κ1) is 16.1. The lowest BCUT2D eigenvalue weighted by Gasteiger charge is -2.25. The van der Waals surface area contributed by atoms with Crippen LogP contribution < -0.4 is 4.72 Å². The summed E-state index contributed by atoms with van der Waals surface area (Å²) in [5.74, 6) is -0.480. The molecule has 0 saturated heterocycles. The molecule has 0 bridgehead atoms. The van der Waals surface area contributed by atoms with Gasteiger partial charge in [0.05, 0.1) is 11.0 Å². The fraction of sp³-hybridized carbons (Fsp3) is 0.538. The van der Waals surface area contributed by atoms with Crippen LogP contribution in [0.1, 0.15) is 26.3 Å². The van der Waals surface area contributed by atoms with Crippen LogP contribution >= 0.6 is 0 Å². The smallest absolute Gasteiger partial charge is 0.240 e. The van der Waals surface area contributed by atoms with Gasteiger partial charge in [-0.15, -0.1) is 0 Å². The van der Waals surface area contributed by atoms with Crippen LogP contribution in [0.5, 0.6) is 0 Å². The molecule has 0 amide bonds. The summed E-state index contributed by atoms with van der Waals surface area (Å²) in [5.41, 5.74) is -0.0851. The molecule has 19 heavy (non-hydrogen) atoms. The lowest BCUT2D eigenvalue weighted by molar-refractivity contribution is 0.0677. The predicted octanol–water partition coefficient (Wildman–Crippen LogP) is 1.82. The normalized spacial score (nSPS) is 14.4. The van der Waals surface area contributed by atoms with Crippen LogP contribution in [0.25, 0.3) is 0 Å². The van der Waals surface area contributed by atoms with Gasteiger partial charge >= 0.3 is 0 Å². The lowest BCUT2D eigenvalue weighted by Crippen LogP contribution is -2.39. The van der Waals surface area contributed by atoms with Gasteiger partial charge in [-0.25, -0.2) is 17.5 Å². The molecule has 1 rings (SSSR count). The third-order valence-electron chi connectivity index (χ3n) is 2.89. The van der Waals surface area contributed by atoms with E-state index in [2.05, 4.69) is 4.72 Å². The molecule has 0 fully saturated rings. The van der Waals surface area contributed by atoms with Gasteiger partial charge in [0.25, 0.3) is 0 Å². The Morgan fingerprint density at radius 1 is 1.37 bits per heavy atom. The van der Waals surface area contributed by atoms with Crippen molar-refractivity contribution in [2.24, 2.45) is 5.41 Å². The van der Waals surface area contributed by atoms with E-state index in [4.69, 9.17) is 0 Å². The summed E-state index contributed by atoms with van der Waals surface area (Å²) in [4.78, 5) is 0.0232. The molecule has 0 aliphatic heterocycles. The lowest BCUT2D eigenvalue weighted by atomic mass is 9.89. The van der Waals surface area contributed by atoms with Gasteiger partial charge in [0.15, 0.2) is 0 Å². The molecule has 1 aromatic carbocycles. The van der Waals surface area contributed by atoms with Crippen LogP contribution in [0, 0.1) is 18.2 Å². The maximum Gasteiger partial charge on any atom is 0.240 e. The van der Waals surface area contributed by atoms with Crippen LogP contribution in [-0.2, 0) is 10.0 Å². The standard InChI is InChI=1S/C13H20FNO3S/c1-9-7-10(14)5-6-11(9)19(17,18)15-8-12(16)13(2,3)4/h5-7,12,15-16H,8H2,1-4H3. The summed E-state index contributed by atoms with van der Waals surface area (Å²) in [5, 5.41) is 9.82. The minimum absolute atomic E-state index is 0.0232. The van der Waals surface area contributed by atoms with Crippen molar-refractivity contribution < 1.29 is 17.9 Å². The maximum atomic E-state index is 13.0. The van der Waals surface area contributed by atoms with E-state index in [1.165, 1.54) is 13.0 Å². The van der Waals surface area contributed by atoms with E-state index >= 15 is 0 Å². The van der Waals surface area contributed by atoms with Crippen molar-refractivity contribution in [1.82, 2.24) is 4.72 Å². The third kappa shape index (κ3) is 4.26. The first-order valence-electron chi connectivity index (χ1n) is 5.98. The molecule has 4 nitrogen and oxygen atoms in total. The fourth-order valence-corrected chi connectivity index (χ4v) is 2.75. The molecule has 1 atom stereocenters. The Morgan fingerprint density at radius 2 is 1.95 bits per heavy atom. The number of hydrogen-bond donors (Lipinski definition) is 2. The van der Waals surface area contributed by atoms with Crippen LogP contribution in [-0.4, -0.2) is 26.2 Å². The van der Waals surface area contributed by atoms with E-state index in [0.717, 1.165) is 12.1 Å². The summed E-state index contributed by atoms with van der Waals surface area (Å²) in [6.45, 7) is 6.89. The SMILES string of the molecule is Cc1cc(F)ccc1S(=O)(=O)NCC(O)C(C)(C)C. The van der Waals surface area contributed by atoms with Gasteiger partial charge in [-0.1, -0.05) is 20.8 Å². The molecular weight excluding hydrogens is 269 g/mol. The Labute approximate surface area is 113 Å². The van der Waals surface area contributed by atoms with Crippen molar-refractivity contribution in [3.8, 4) is 0 Å². The summed E-state index contributed by atoms with van der Waals surface area (Å²) in [6.07, 6.45) is -0.803. The second-order valence-corrected chi connectivity index (χ2v) is 7.38. The van der Waals surface area contributed by atoms with Crippen molar-refractivity contribution in [2.75, 3.05) is 6.54 Å². The minimum Gasteiger partial charge on any atom is -0.391 e. The summed E-state index contributed by atoms with van der Waals surface area (Å²) in [7, 11) is -3.74. The summed E-state index contributed by atoms with van der Waals surface area (Å²) >= 11 is 0. The molecule has 0 spiro atoms. The third-order valence-corrected chi connectivity index (χ3v) is 4.48. The average molecular weight is 289 g/mol. The molecule has 1 aromatic rings. The highest BCUT2D eigenvalue weighted by Gasteiger charge is 2.25. The van der Waals surface area contributed by atoms with E-state index in [0.29, 0.717) is 5.56 Å². The molecule has 108 valence electrons. The Balaban J connectivity index is 2.88. The van der Waals surface area contributed by atoms with E-state index < -0.39 is 27.4 Å². The van der Waals surface area contributed by atoms with Crippen molar-refractivity contribution in [1.29, 1.82) is 0 Å². The van der Waals surface area contributed by atoms with E-state index in [9.17, 15) is 17.9 Å². The maximum absolute atomic E-state index is 13.0. The first-order valence-corrected chi connectivity index (χ1v) is 7.46. The highest BCUT2D eigenvalue weighted by molar-refractivity contribution is 7.89. The van der Waals surface area contributed by atoms with Crippen LogP contribution in [0.15, 0.2) is 23.1 Å². The summed E-state index contributed by atoms with van der Waals surface area (Å²) in [6, 6.07) is 3.48. The zero-order valence-electron chi connectivity index (χ0n) is 11.6. The molecule has 0 aliphatic rings. The van der Waals surface area contributed by atoms with Crippen molar-refractivity contribution >= 4 is 10.0 Å². The average Bonchev–Trinajstić information content (AvgIpc) is 2.24. The molecule has 0 heterocycles. The monoisotopic (exact) mass is 289 g/mol. The van der Waals surface area contributed by atoms with Gasteiger partial charge in [0.2, 0.25) is 10.0 Å². The number of sulfonamides is 1. The summed E-state index contributed by atoms with van der Waals surface area (Å²) < 4.78 is 39.4. The van der Waals surface area contributed by atoms with E-state index in [1.54, 1.807) is 0 Å². The van der Waals surface area contributed by atoms with Gasteiger partial charge in [0, 0.05) is 6.54 Å². The Bertz CT molecular complexity index is 549.